The maximum atomic E-state index is 12.2. The lowest BCUT2D eigenvalue weighted by atomic mass is 10.1. The molecular formula is C18H20F3N3O5. The molecule has 0 fully saturated rings. The molecule has 0 spiro atoms. The molecular weight excluding hydrogens is 395 g/mol. The van der Waals surface area contributed by atoms with E-state index < -0.39 is 42.0 Å². The number of esters is 1. The summed E-state index contributed by atoms with van der Waals surface area (Å²) in [5.41, 5.74) is -0.620. The van der Waals surface area contributed by atoms with Gasteiger partial charge in [0.25, 0.3) is 11.7 Å². The molecule has 0 aromatic heterocycles. The highest BCUT2D eigenvalue weighted by molar-refractivity contribution is 5.99. The van der Waals surface area contributed by atoms with Crippen LogP contribution in [0.2, 0.25) is 0 Å². The number of hydrogen-bond acceptors (Lipinski definition) is 6. The Morgan fingerprint density at radius 2 is 1.69 bits per heavy atom. The molecule has 0 bridgehead atoms. The highest BCUT2D eigenvalue weighted by atomic mass is 19.4. The van der Waals surface area contributed by atoms with E-state index in [9.17, 15) is 32.3 Å². The van der Waals surface area contributed by atoms with Crippen LogP contribution in [-0.4, -0.2) is 42.0 Å². The average molecular weight is 415 g/mol. The van der Waals surface area contributed by atoms with Gasteiger partial charge in [-0.05, 0) is 32.9 Å². The number of anilines is 1. The van der Waals surface area contributed by atoms with Crippen LogP contribution in [-0.2, 0) is 14.3 Å². The Balaban J connectivity index is 2.67. The fourth-order valence-corrected chi connectivity index (χ4v) is 1.83. The number of halogens is 3. The molecule has 1 aromatic rings. The molecule has 0 unspecified atom stereocenters. The first-order valence-corrected chi connectivity index (χ1v) is 8.22. The lowest BCUT2D eigenvalue weighted by Gasteiger charge is -2.20. The van der Waals surface area contributed by atoms with E-state index in [-0.39, 0.29) is 17.3 Å². The van der Waals surface area contributed by atoms with Crippen LogP contribution in [0.5, 0.6) is 0 Å². The van der Waals surface area contributed by atoms with Gasteiger partial charge in [0.05, 0.1) is 11.3 Å². The van der Waals surface area contributed by atoms with Crippen molar-refractivity contribution in [2.24, 2.45) is 0 Å². The number of alkyl halides is 3. The van der Waals surface area contributed by atoms with Gasteiger partial charge in [0.15, 0.2) is 6.61 Å². The average Bonchev–Trinajstić information content (AvgIpc) is 2.57. The summed E-state index contributed by atoms with van der Waals surface area (Å²) in [5, 5.41) is 6.84. The van der Waals surface area contributed by atoms with Crippen molar-refractivity contribution in [3.05, 3.63) is 42.1 Å². The lowest BCUT2D eigenvalue weighted by molar-refractivity contribution is -0.165. The predicted molar refractivity (Wildman–Crippen MR) is 97.0 cm³/mol. The zero-order chi connectivity index (χ0) is 22.2. The summed E-state index contributed by atoms with van der Waals surface area (Å²) in [7, 11) is 0. The quantitative estimate of drug-likeness (QED) is 0.486. The normalized spacial score (nSPS) is 11.7. The summed E-state index contributed by atoms with van der Waals surface area (Å²) in [6.07, 6.45) is -4.02. The molecule has 1 rings (SSSR count). The van der Waals surface area contributed by atoms with Crippen LogP contribution in [0.1, 0.15) is 31.1 Å². The molecule has 0 saturated carbocycles. The van der Waals surface area contributed by atoms with Gasteiger partial charge in [0.1, 0.15) is 0 Å². The maximum absolute atomic E-state index is 12.2. The van der Waals surface area contributed by atoms with Crippen molar-refractivity contribution < 1.29 is 37.1 Å². The second kappa shape index (κ2) is 9.71. The number of amides is 3. The number of carbonyl (C=O) groups is 4. The van der Waals surface area contributed by atoms with Gasteiger partial charge in [-0.2, -0.15) is 13.2 Å². The van der Waals surface area contributed by atoms with Gasteiger partial charge in [0.2, 0.25) is 0 Å². The highest BCUT2D eigenvalue weighted by Gasteiger charge is 2.36. The topological polar surface area (TPSA) is 114 Å². The van der Waals surface area contributed by atoms with E-state index in [2.05, 4.69) is 10.6 Å². The minimum Gasteiger partial charge on any atom is -0.452 e. The van der Waals surface area contributed by atoms with Crippen LogP contribution < -0.4 is 16.0 Å². The van der Waals surface area contributed by atoms with Gasteiger partial charge in [-0.3, -0.25) is 14.9 Å². The summed E-state index contributed by atoms with van der Waals surface area (Å²) < 4.78 is 41.3. The predicted octanol–water partition coefficient (Wildman–Crippen LogP) is 2.52. The molecule has 3 N–H and O–H groups in total. The summed E-state index contributed by atoms with van der Waals surface area (Å²) >= 11 is 0. The van der Waals surface area contributed by atoms with E-state index in [1.165, 1.54) is 24.3 Å². The van der Waals surface area contributed by atoms with Crippen molar-refractivity contribution in [3.63, 3.8) is 0 Å². The second-order valence-electron chi connectivity index (χ2n) is 6.71. The van der Waals surface area contributed by atoms with Gasteiger partial charge >= 0.3 is 18.2 Å². The fourth-order valence-electron chi connectivity index (χ4n) is 1.83. The fraction of sp³-hybridized carbons (Fsp3) is 0.333. The number of hydrogen-bond donors (Lipinski definition) is 3. The van der Waals surface area contributed by atoms with E-state index in [0.29, 0.717) is 0 Å². The first-order chi connectivity index (χ1) is 13.3. The summed E-state index contributed by atoms with van der Waals surface area (Å²) in [6, 6.07) is 4.84. The third-order valence-corrected chi connectivity index (χ3v) is 2.98. The van der Waals surface area contributed by atoms with Crippen molar-refractivity contribution in [1.29, 1.82) is 0 Å². The molecule has 11 heteroatoms. The van der Waals surface area contributed by atoms with Crippen molar-refractivity contribution >= 4 is 29.4 Å². The van der Waals surface area contributed by atoms with Crippen molar-refractivity contribution in [3.8, 4) is 0 Å². The van der Waals surface area contributed by atoms with Crippen LogP contribution in [0.25, 0.3) is 0 Å². The Labute approximate surface area is 164 Å². The number of benzene rings is 1. The maximum Gasteiger partial charge on any atom is 0.454 e. The molecule has 0 radical (unpaired) electrons. The number of para-hydroxylation sites is 1. The van der Waals surface area contributed by atoms with Crippen LogP contribution >= 0.6 is 0 Å². The van der Waals surface area contributed by atoms with Gasteiger partial charge < -0.3 is 15.4 Å². The molecule has 0 atom stereocenters. The zero-order valence-electron chi connectivity index (χ0n) is 15.8. The van der Waals surface area contributed by atoms with E-state index in [1.54, 1.807) is 20.8 Å². The largest absolute Gasteiger partial charge is 0.454 e. The van der Waals surface area contributed by atoms with Crippen LogP contribution in [0, 0.1) is 0 Å². The second-order valence-corrected chi connectivity index (χ2v) is 6.71. The molecule has 158 valence electrons. The molecule has 1 aromatic carbocycles. The first-order valence-electron chi connectivity index (χ1n) is 8.22. The Morgan fingerprint density at radius 3 is 2.28 bits per heavy atom. The third-order valence-electron chi connectivity index (χ3n) is 2.98. The van der Waals surface area contributed by atoms with Crippen molar-refractivity contribution in [2.75, 3.05) is 11.9 Å². The highest BCUT2D eigenvalue weighted by Crippen LogP contribution is 2.18. The van der Waals surface area contributed by atoms with Gasteiger partial charge in [0, 0.05) is 17.8 Å². The van der Waals surface area contributed by atoms with Crippen molar-refractivity contribution in [1.82, 2.24) is 10.6 Å². The Morgan fingerprint density at radius 1 is 1.07 bits per heavy atom. The number of allylic oxidation sites excluding steroid dienone is 1. The monoisotopic (exact) mass is 415 g/mol. The summed E-state index contributed by atoms with van der Waals surface area (Å²) in [5.74, 6) is -3.91. The van der Waals surface area contributed by atoms with Crippen LogP contribution in [0.4, 0.5) is 23.7 Å². The Kier molecular flexibility index (Phi) is 7.93. The van der Waals surface area contributed by atoms with Gasteiger partial charge in [-0.1, -0.05) is 12.1 Å². The minimum absolute atomic E-state index is 0.0506. The Hall–Kier alpha value is -3.37. The molecule has 0 aliphatic carbocycles. The number of nitrogens with one attached hydrogen (secondary N) is 3. The summed E-state index contributed by atoms with van der Waals surface area (Å²) in [4.78, 5) is 46.2. The smallest absolute Gasteiger partial charge is 0.452 e. The number of ether oxygens (including phenoxy) is 1. The zero-order valence-corrected chi connectivity index (χ0v) is 15.8. The number of carbonyl (C=O) groups excluding carboxylic acids is 4. The first kappa shape index (κ1) is 23.7. The van der Waals surface area contributed by atoms with E-state index >= 15 is 0 Å². The number of ketones is 1. The Bertz CT molecular complexity index is 814. The molecule has 29 heavy (non-hydrogen) atoms. The number of urea groups is 1. The summed E-state index contributed by atoms with van der Waals surface area (Å²) in [6.45, 7) is 4.36. The molecule has 0 saturated heterocycles. The van der Waals surface area contributed by atoms with E-state index in [1.807, 2.05) is 5.32 Å². The number of imide groups is 1. The molecule has 0 heterocycles. The SMILES string of the molecule is CC(C)(C)NC(=O)NC(=O)COC(=O)c1ccccc1NC=CC(=O)C(F)(F)F. The van der Waals surface area contributed by atoms with Crippen LogP contribution in [0.3, 0.4) is 0 Å². The van der Waals surface area contributed by atoms with E-state index in [0.717, 1.165) is 6.20 Å². The van der Waals surface area contributed by atoms with E-state index in [4.69, 9.17) is 4.74 Å². The molecule has 3 amide bonds. The van der Waals surface area contributed by atoms with Gasteiger partial charge in [-0.25, -0.2) is 9.59 Å². The number of rotatable bonds is 6. The third kappa shape index (κ3) is 8.91. The molecule has 0 aliphatic heterocycles. The lowest BCUT2D eigenvalue weighted by Crippen LogP contribution is -2.49. The standard InChI is InChI=1S/C18H20F3N3O5/c1-17(2,3)24-16(28)23-14(26)10-29-15(27)11-6-4-5-7-12(11)22-9-8-13(25)18(19,20)21/h4-9,22H,10H2,1-3H3,(H2,23,24,26,28). The molecule has 8 nitrogen and oxygen atoms in total. The molecule has 0 aliphatic rings. The van der Waals surface area contributed by atoms with Gasteiger partial charge in [-0.15, -0.1) is 0 Å². The van der Waals surface area contributed by atoms with Crippen molar-refractivity contribution in [2.45, 2.75) is 32.5 Å². The minimum atomic E-state index is -5.01. The van der Waals surface area contributed by atoms with Crippen LogP contribution in [0.15, 0.2) is 36.5 Å².